The van der Waals surface area contributed by atoms with Crippen LogP contribution in [0.3, 0.4) is 0 Å². The molecule has 1 aromatic heterocycles. The van der Waals surface area contributed by atoms with Crippen LogP contribution in [0.5, 0.6) is 0 Å². The van der Waals surface area contributed by atoms with Crippen molar-refractivity contribution in [2.45, 2.75) is 18.1 Å². The van der Waals surface area contributed by atoms with E-state index in [-0.39, 0.29) is 18.2 Å². The van der Waals surface area contributed by atoms with Gasteiger partial charge < -0.3 is 10.2 Å². The third kappa shape index (κ3) is 3.21. The molecule has 7 heteroatoms. The Kier molecular flexibility index (Phi) is 4.45. The maximum absolute atomic E-state index is 12.6. The van der Waals surface area contributed by atoms with Crippen molar-refractivity contribution in [1.29, 1.82) is 0 Å². The molecule has 1 saturated heterocycles. The Morgan fingerprint density at radius 3 is 2.75 bits per heavy atom. The zero-order chi connectivity index (χ0) is 17.3. The van der Waals surface area contributed by atoms with E-state index in [0.717, 1.165) is 10.9 Å². The molecule has 0 aliphatic carbocycles. The van der Waals surface area contributed by atoms with Crippen molar-refractivity contribution in [1.82, 2.24) is 10.3 Å². The molecular weight excluding hydrogens is 326 g/mol. The monoisotopic (exact) mass is 347 g/mol. The first-order valence-corrected chi connectivity index (χ1v) is 9.67. The molecule has 1 aromatic carbocycles. The van der Waals surface area contributed by atoms with Crippen LogP contribution in [0.25, 0.3) is 10.9 Å². The minimum Gasteiger partial charge on any atom is -0.363 e. The van der Waals surface area contributed by atoms with E-state index < -0.39 is 15.1 Å². The average Bonchev–Trinajstić information content (AvgIpc) is 2.89. The molecule has 0 radical (unpaired) electrons. The topological polar surface area (TPSA) is 79.4 Å². The number of benzene rings is 1. The van der Waals surface area contributed by atoms with Crippen molar-refractivity contribution in [3.63, 3.8) is 0 Å². The Balaban J connectivity index is 1.89. The number of anilines is 1. The second-order valence-corrected chi connectivity index (χ2v) is 8.68. The molecule has 2 heterocycles. The fraction of sp³-hybridized carbons (Fsp3) is 0.412. The van der Waals surface area contributed by atoms with E-state index >= 15 is 0 Å². The van der Waals surface area contributed by atoms with Gasteiger partial charge in [0.25, 0.3) is 5.91 Å². The van der Waals surface area contributed by atoms with Crippen LogP contribution < -0.4 is 10.2 Å². The van der Waals surface area contributed by atoms with Crippen molar-refractivity contribution in [2.24, 2.45) is 0 Å². The van der Waals surface area contributed by atoms with Crippen molar-refractivity contribution < 1.29 is 13.2 Å². The van der Waals surface area contributed by atoms with Gasteiger partial charge in [0, 0.05) is 26.0 Å². The summed E-state index contributed by atoms with van der Waals surface area (Å²) in [5.74, 6) is 0.641. The molecular formula is C17H21N3O3S. The molecule has 2 aromatic rings. The van der Waals surface area contributed by atoms with Gasteiger partial charge in [-0.15, -0.1) is 0 Å². The SMILES string of the molecule is CN(C)c1cc(C(=O)NCC2CCCS2(=O)=O)c2ccccc2n1. The van der Waals surface area contributed by atoms with E-state index in [2.05, 4.69) is 10.3 Å². The Labute approximate surface area is 141 Å². The first-order valence-electron chi connectivity index (χ1n) is 7.95. The number of nitrogens with zero attached hydrogens (tertiary/aromatic N) is 2. The van der Waals surface area contributed by atoms with Crippen LogP contribution >= 0.6 is 0 Å². The highest BCUT2D eigenvalue weighted by Crippen LogP contribution is 2.23. The van der Waals surface area contributed by atoms with E-state index in [1.165, 1.54) is 0 Å². The molecule has 1 N–H and O–H groups in total. The lowest BCUT2D eigenvalue weighted by Gasteiger charge is -2.16. The van der Waals surface area contributed by atoms with E-state index in [1.807, 2.05) is 43.3 Å². The van der Waals surface area contributed by atoms with Gasteiger partial charge in [-0.3, -0.25) is 4.79 Å². The smallest absolute Gasteiger partial charge is 0.252 e. The number of nitrogens with one attached hydrogen (secondary N) is 1. The molecule has 0 spiro atoms. The molecule has 128 valence electrons. The quantitative estimate of drug-likeness (QED) is 0.909. The summed E-state index contributed by atoms with van der Waals surface area (Å²) in [5, 5.41) is 3.08. The number of carbonyl (C=O) groups is 1. The molecule has 24 heavy (non-hydrogen) atoms. The normalized spacial score (nSPS) is 19.3. The van der Waals surface area contributed by atoms with Crippen molar-refractivity contribution in [3.8, 4) is 0 Å². The van der Waals surface area contributed by atoms with Gasteiger partial charge in [0.05, 0.1) is 22.1 Å². The molecule has 0 saturated carbocycles. The molecule has 1 aliphatic rings. The highest BCUT2D eigenvalue weighted by Gasteiger charge is 2.31. The predicted molar refractivity (Wildman–Crippen MR) is 95.2 cm³/mol. The van der Waals surface area contributed by atoms with E-state index in [0.29, 0.717) is 24.2 Å². The van der Waals surface area contributed by atoms with Crippen LogP contribution in [0.2, 0.25) is 0 Å². The van der Waals surface area contributed by atoms with Gasteiger partial charge in [-0.1, -0.05) is 18.2 Å². The zero-order valence-corrected chi connectivity index (χ0v) is 14.6. The summed E-state index contributed by atoms with van der Waals surface area (Å²) in [4.78, 5) is 19.0. The van der Waals surface area contributed by atoms with Gasteiger partial charge in [-0.05, 0) is 25.0 Å². The van der Waals surface area contributed by atoms with Gasteiger partial charge in [-0.25, -0.2) is 13.4 Å². The van der Waals surface area contributed by atoms with Gasteiger partial charge in [0.15, 0.2) is 9.84 Å². The molecule has 6 nitrogen and oxygen atoms in total. The number of carbonyl (C=O) groups excluding carboxylic acids is 1. The summed E-state index contributed by atoms with van der Waals surface area (Å²) in [5.41, 5.74) is 1.25. The first kappa shape index (κ1) is 16.7. The predicted octanol–water partition coefficient (Wildman–Crippen LogP) is 1.61. The molecule has 1 amide bonds. The summed E-state index contributed by atoms with van der Waals surface area (Å²) in [6.45, 7) is 0.162. The number of rotatable bonds is 4. The lowest BCUT2D eigenvalue weighted by Crippen LogP contribution is -2.34. The minimum atomic E-state index is -3.06. The minimum absolute atomic E-state index is 0.162. The Morgan fingerprint density at radius 1 is 1.33 bits per heavy atom. The second-order valence-electron chi connectivity index (χ2n) is 6.28. The number of sulfone groups is 1. The molecule has 0 bridgehead atoms. The van der Waals surface area contributed by atoms with Crippen LogP contribution in [-0.2, 0) is 9.84 Å². The summed E-state index contributed by atoms with van der Waals surface area (Å²) < 4.78 is 23.8. The fourth-order valence-electron chi connectivity index (χ4n) is 2.97. The lowest BCUT2D eigenvalue weighted by atomic mass is 10.1. The van der Waals surface area contributed by atoms with Gasteiger partial charge >= 0.3 is 0 Å². The maximum atomic E-state index is 12.6. The number of para-hydroxylation sites is 1. The van der Waals surface area contributed by atoms with Crippen molar-refractivity contribution in [2.75, 3.05) is 31.3 Å². The molecule has 3 rings (SSSR count). The largest absolute Gasteiger partial charge is 0.363 e. The van der Waals surface area contributed by atoms with Crippen LogP contribution in [0.15, 0.2) is 30.3 Å². The van der Waals surface area contributed by atoms with Crippen LogP contribution in [0.4, 0.5) is 5.82 Å². The summed E-state index contributed by atoms with van der Waals surface area (Å²) in [7, 11) is 0.666. The van der Waals surface area contributed by atoms with E-state index in [1.54, 1.807) is 6.07 Å². The molecule has 1 atom stereocenters. The number of pyridine rings is 1. The van der Waals surface area contributed by atoms with Crippen molar-refractivity contribution >= 4 is 32.5 Å². The van der Waals surface area contributed by atoms with Crippen LogP contribution in [0, 0.1) is 0 Å². The Hall–Kier alpha value is -2.15. The fourth-order valence-corrected chi connectivity index (χ4v) is 4.73. The first-order chi connectivity index (χ1) is 11.4. The average molecular weight is 347 g/mol. The summed E-state index contributed by atoms with van der Waals surface area (Å²) in [6, 6.07) is 9.18. The highest BCUT2D eigenvalue weighted by molar-refractivity contribution is 7.92. The Morgan fingerprint density at radius 2 is 2.08 bits per heavy atom. The maximum Gasteiger partial charge on any atom is 0.252 e. The van der Waals surface area contributed by atoms with Crippen molar-refractivity contribution in [3.05, 3.63) is 35.9 Å². The second kappa shape index (κ2) is 6.39. The van der Waals surface area contributed by atoms with E-state index in [4.69, 9.17) is 0 Å². The zero-order valence-electron chi connectivity index (χ0n) is 13.8. The van der Waals surface area contributed by atoms with Gasteiger partial charge in [-0.2, -0.15) is 0 Å². The standard InChI is InChI=1S/C17H21N3O3S/c1-20(2)16-10-14(13-7-3-4-8-15(13)19-16)17(21)18-11-12-6-5-9-24(12,22)23/h3-4,7-8,10,12H,5-6,9,11H2,1-2H3,(H,18,21). The number of hydrogen-bond donors (Lipinski definition) is 1. The molecule has 1 unspecified atom stereocenters. The van der Waals surface area contributed by atoms with E-state index in [9.17, 15) is 13.2 Å². The summed E-state index contributed by atoms with van der Waals surface area (Å²) in [6.07, 6.45) is 1.29. The lowest BCUT2D eigenvalue weighted by molar-refractivity contribution is 0.0955. The number of aromatic nitrogens is 1. The number of fused-ring (bicyclic) bond motifs is 1. The van der Waals surface area contributed by atoms with Gasteiger partial charge in [0.2, 0.25) is 0 Å². The Bertz CT molecular complexity index is 878. The third-order valence-electron chi connectivity index (χ3n) is 4.36. The molecule has 1 aliphatic heterocycles. The summed E-state index contributed by atoms with van der Waals surface area (Å²) >= 11 is 0. The van der Waals surface area contributed by atoms with Crippen LogP contribution in [-0.4, -0.2) is 51.0 Å². The number of hydrogen-bond acceptors (Lipinski definition) is 5. The molecule has 1 fully saturated rings. The van der Waals surface area contributed by atoms with Gasteiger partial charge in [0.1, 0.15) is 5.82 Å². The highest BCUT2D eigenvalue weighted by atomic mass is 32.2. The number of amides is 1. The third-order valence-corrected chi connectivity index (χ3v) is 6.63. The van der Waals surface area contributed by atoms with Crippen LogP contribution in [0.1, 0.15) is 23.2 Å².